The zero-order valence-electron chi connectivity index (χ0n) is 21.7. The molecule has 0 bridgehead atoms. The minimum atomic E-state index is -1.46. The number of nitrogens with zero attached hydrogens (tertiary/aromatic N) is 1. The largest absolute Gasteiger partial charge is 0.497 e. The highest BCUT2D eigenvalue weighted by molar-refractivity contribution is 8.13. The number of allylic oxidation sites excluding steroid dienone is 6. The number of methoxy groups -OCH3 is 1. The van der Waals surface area contributed by atoms with Crippen molar-refractivity contribution in [3.05, 3.63) is 81.6 Å². The third kappa shape index (κ3) is 3.44. The molecule has 0 fully saturated rings. The van der Waals surface area contributed by atoms with E-state index >= 15 is 4.39 Å². The number of aliphatic hydroxyl groups is 1. The van der Waals surface area contributed by atoms with Crippen LogP contribution in [-0.4, -0.2) is 41.8 Å². The van der Waals surface area contributed by atoms with Gasteiger partial charge >= 0.3 is 0 Å². The molecule has 1 aliphatic heterocycles. The van der Waals surface area contributed by atoms with E-state index in [-0.39, 0.29) is 47.8 Å². The lowest BCUT2D eigenvalue weighted by atomic mass is 9.47. The summed E-state index contributed by atoms with van der Waals surface area (Å²) in [5, 5.41) is 20.0. The quantitative estimate of drug-likeness (QED) is 0.575. The van der Waals surface area contributed by atoms with Crippen LogP contribution in [0.5, 0.6) is 5.75 Å². The Morgan fingerprint density at radius 1 is 1.33 bits per heavy atom. The Kier molecular flexibility index (Phi) is 5.90. The van der Waals surface area contributed by atoms with Crippen molar-refractivity contribution in [1.82, 2.24) is 0 Å². The van der Waals surface area contributed by atoms with Gasteiger partial charge < -0.3 is 19.3 Å². The molecule has 6 rings (SSSR count). The molecule has 39 heavy (non-hydrogen) atoms. The van der Waals surface area contributed by atoms with Crippen LogP contribution in [0.25, 0.3) is 5.57 Å². The van der Waals surface area contributed by atoms with Gasteiger partial charge in [-0.3, -0.25) is 9.59 Å². The number of thioether (sulfide) groups is 1. The summed E-state index contributed by atoms with van der Waals surface area (Å²) >= 11 is 0.862. The lowest BCUT2D eigenvalue weighted by Gasteiger charge is -2.55. The molecule has 0 spiro atoms. The van der Waals surface area contributed by atoms with Crippen molar-refractivity contribution in [2.24, 2.45) is 16.7 Å². The molecule has 7 nitrogen and oxygen atoms in total. The Hall–Kier alpha value is -3.61. The SMILES string of the molecule is COc1ccc(C2=C[C@@]3(C(=O)SCC#N)C(=CC(=O)C4=C[C@H](C)[C@@H](O)C[C@@]43C)C3=C2C2=C(C3)OCO2)c(F)c1. The molecule has 1 N–H and O–H groups in total. The van der Waals surface area contributed by atoms with E-state index < -0.39 is 22.8 Å². The number of halogens is 1. The summed E-state index contributed by atoms with van der Waals surface area (Å²) < 4.78 is 32.5. The Morgan fingerprint density at radius 2 is 2.13 bits per heavy atom. The minimum Gasteiger partial charge on any atom is -0.497 e. The van der Waals surface area contributed by atoms with Crippen molar-refractivity contribution in [3.63, 3.8) is 0 Å². The monoisotopic (exact) mass is 547 g/mol. The molecular weight excluding hydrogens is 521 g/mol. The van der Waals surface area contributed by atoms with Gasteiger partial charge in [0.2, 0.25) is 11.9 Å². The number of rotatable bonds is 4. The highest BCUT2D eigenvalue weighted by Gasteiger charge is 2.64. The predicted molar refractivity (Wildman–Crippen MR) is 141 cm³/mol. The lowest BCUT2D eigenvalue weighted by Crippen LogP contribution is -2.55. The fraction of sp³-hybridized carbons (Fsp3) is 0.367. The maximum absolute atomic E-state index is 15.7. The summed E-state index contributed by atoms with van der Waals surface area (Å²) in [4.78, 5) is 28.0. The maximum Gasteiger partial charge on any atom is 0.230 e. The Bertz CT molecular complexity index is 1540. The molecule has 200 valence electrons. The molecule has 4 atom stereocenters. The number of hydrogen-bond donors (Lipinski definition) is 1. The number of carbonyl (C=O) groups is 2. The summed E-state index contributed by atoms with van der Waals surface area (Å²) in [5.41, 5.74) is 0.220. The van der Waals surface area contributed by atoms with Crippen LogP contribution in [0.3, 0.4) is 0 Å². The molecule has 0 saturated carbocycles. The van der Waals surface area contributed by atoms with Gasteiger partial charge in [0.1, 0.15) is 17.3 Å². The summed E-state index contributed by atoms with van der Waals surface area (Å²) in [6.45, 7) is 3.67. The van der Waals surface area contributed by atoms with Crippen LogP contribution < -0.4 is 4.74 Å². The maximum atomic E-state index is 15.7. The molecule has 4 aliphatic carbocycles. The molecule has 1 heterocycles. The van der Waals surface area contributed by atoms with Crippen LogP contribution in [0.2, 0.25) is 0 Å². The van der Waals surface area contributed by atoms with E-state index in [4.69, 9.17) is 14.2 Å². The molecular formula is C30H26FNO6S. The normalized spacial score (nSPS) is 30.6. The molecule has 1 aromatic rings. The topological polar surface area (TPSA) is 106 Å². The van der Waals surface area contributed by atoms with Gasteiger partial charge in [-0.1, -0.05) is 37.8 Å². The number of ketones is 1. The molecule has 0 aromatic heterocycles. The molecule has 9 heteroatoms. The van der Waals surface area contributed by atoms with Crippen molar-refractivity contribution >= 4 is 28.2 Å². The van der Waals surface area contributed by atoms with Crippen molar-refractivity contribution in [2.75, 3.05) is 19.7 Å². The van der Waals surface area contributed by atoms with Crippen LogP contribution >= 0.6 is 11.8 Å². The van der Waals surface area contributed by atoms with E-state index in [0.29, 0.717) is 45.1 Å². The Labute approximate surface area is 229 Å². The Balaban J connectivity index is 1.69. The smallest absolute Gasteiger partial charge is 0.230 e. The highest BCUT2D eigenvalue weighted by Crippen LogP contribution is 2.67. The fourth-order valence-corrected chi connectivity index (χ4v) is 7.50. The second-order valence-corrected chi connectivity index (χ2v) is 11.5. The summed E-state index contributed by atoms with van der Waals surface area (Å²) in [7, 11) is 1.45. The number of fused-ring (bicyclic) bond motifs is 5. The first-order chi connectivity index (χ1) is 18.7. The summed E-state index contributed by atoms with van der Waals surface area (Å²) in [6, 6.07) is 6.54. The Morgan fingerprint density at radius 3 is 2.85 bits per heavy atom. The van der Waals surface area contributed by atoms with Gasteiger partial charge in [0.15, 0.2) is 11.5 Å². The van der Waals surface area contributed by atoms with Gasteiger partial charge in [-0.25, -0.2) is 4.39 Å². The van der Waals surface area contributed by atoms with Gasteiger partial charge in [-0.15, -0.1) is 0 Å². The number of nitriles is 1. The lowest BCUT2D eigenvalue weighted by molar-refractivity contribution is -0.124. The van der Waals surface area contributed by atoms with E-state index in [9.17, 15) is 20.0 Å². The number of ether oxygens (including phenoxy) is 3. The molecule has 1 aromatic carbocycles. The predicted octanol–water partition coefficient (Wildman–Crippen LogP) is 4.76. The zero-order chi connectivity index (χ0) is 27.7. The standard InChI is InChI=1S/C30H26FNO6S/c1-15-8-21-23(33)11-20-18-10-25-27(38-14-37-25)26(18)19(17-5-4-16(36-3)9-22(17)31)12-30(20,28(35)39-7-6-32)29(21,2)13-24(15)34/h4-5,8-9,11-12,15,24,34H,7,10,13-14H2,1-3H3/t15-,24-,29-,30-/m0/s1. The molecule has 0 radical (unpaired) electrons. The van der Waals surface area contributed by atoms with E-state index in [1.165, 1.54) is 19.3 Å². The average Bonchev–Trinajstić information content (AvgIpc) is 3.51. The van der Waals surface area contributed by atoms with Gasteiger partial charge in [0, 0.05) is 40.5 Å². The van der Waals surface area contributed by atoms with Crippen molar-refractivity contribution in [3.8, 4) is 11.8 Å². The van der Waals surface area contributed by atoms with Crippen LogP contribution in [0.1, 0.15) is 32.3 Å². The number of hydrogen-bond acceptors (Lipinski definition) is 8. The highest BCUT2D eigenvalue weighted by atomic mass is 32.2. The van der Waals surface area contributed by atoms with Crippen molar-refractivity contribution in [1.29, 1.82) is 5.26 Å². The second kappa shape index (κ2) is 8.97. The number of aliphatic hydroxyl groups excluding tert-OH is 1. The fourth-order valence-electron chi connectivity index (χ4n) is 6.68. The van der Waals surface area contributed by atoms with E-state index in [0.717, 1.165) is 11.8 Å². The second-order valence-electron chi connectivity index (χ2n) is 10.6. The first-order valence-electron chi connectivity index (χ1n) is 12.7. The van der Waals surface area contributed by atoms with E-state index in [1.807, 2.05) is 19.9 Å². The van der Waals surface area contributed by atoms with Crippen molar-refractivity contribution in [2.45, 2.75) is 32.8 Å². The first-order valence-corrected chi connectivity index (χ1v) is 13.7. The summed E-state index contributed by atoms with van der Waals surface area (Å²) in [6.07, 6.45) is 4.58. The first kappa shape index (κ1) is 25.7. The number of benzene rings is 1. The zero-order valence-corrected chi connectivity index (χ0v) is 22.5. The van der Waals surface area contributed by atoms with Crippen molar-refractivity contribution < 1.29 is 33.3 Å². The third-order valence-corrected chi connectivity index (χ3v) is 9.51. The molecule has 0 amide bonds. The molecule has 0 unspecified atom stereocenters. The van der Waals surface area contributed by atoms with Gasteiger partial charge in [0.05, 0.1) is 30.5 Å². The van der Waals surface area contributed by atoms with Gasteiger partial charge in [-0.05, 0) is 41.3 Å². The third-order valence-electron chi connectivity index (χ3n) is 8.65. The average molecular weight is 548 g/mol. The van der Waals surface area contributed by atoms with Crippen LogP contribution in [0.15, 0.2) is 70.2 Å². The number of carbonyl (C=O) groups excluding carboxylic acids is 2. The van der Waals surface area contributed by atoms with E-state index in [2.05, 4.69) is 0 Å². The van der Waals surface area contributed by atoms with Crippen LogP contribution in [0, 0.1) is 33.9 Å². The van der Waals surface area contributed by atoms with Crippen LogP contribution in [-0.2, 0) is 19.1 Å². The van der Waals surface area contributed by atoms with Gasteiger partial charge in [-0.2, -0.15) is 5.26 Å². The molecule has 0 saturated heterocycles. The van der Waals surface area contributed by atoms with E-state index in [1.54, 1.807) is 24.3 Å². The summed E-state index contributed by atoms with van der Waals surface area (Å²) in [5.74, 6) is 0.209. The minimum absolute atomic E-state index is 0.0224. The molecule has 5 aliphatic rings. The van der Waals surface area contributed by atoms with Gasteiger partial charge in [0.25, 0.3) is 0 Å². The van der Waals surface area contributed by atoms with Crippen LogP contribution in [0.4, 0.5) is 4.39 Å².